The Morgan fingerprint density at radius 3 is 2.65 bits per heavy atom. The lowest BCUT2D eigenvalue weighted by Crippen LogP contribution is -2.31. The van der Waals surface area contributed by atoms with Crippen molar-refractivity contribution in [2.45, 2.75) is 33.2 Å². The number of amides is 1. The summed E-state index contributed by atoms with van der Waals surface area (Å²) in [5.74, 6) is -0.108. The predicted octanol–water partition coefficient (Wildman–Crippen LogP) is 3.44. The van der Waals surface area contributed by atoms with E-state index in [9.17, 15) is 19.8 Å². The summed E-state index contributed by atoms with van der Waals surface area (Å²) in [6.45, 7) is 6.08. The number of aromatic hydroxyl groups is 1. The minimum Gasteiger partial charge on any atom is -0.504 e. The van der Waals surface area contributed by atoms with Crippen LogP contribution in [0.5, 0.6) is 11.5 Å². The number of ether oxygens (including phenoxy) is 1. The minimum absolute atomic E-state index is 0.0195. The number of hydrogen-bond donors (Lipinski definition) is 2. The van der Waals surface area contributed by atoms with Gasteiger partial charge in [-0.1, -0.05) is 12.1 Å². The summed E-state index contributed by atoms with van der Waals surface area (Å²) in [7, 11) is 0. The molecule has 4 rings (SSSR count). The number of aryl methyl sites for hydroxylation is 2. The highest BCUT2D eigenvalue weighted by Gasteiger charge is 2.42. The van der Waals surface area contributed by atoms with Crippen LogP contribution in [0.2, 0.25) is 0 Å². The van der Waals surface area contributed by atoms with E-state index in [1.54, 1.807) is 25.1 Å². The lowest BCUT2D eigenvalue weighted by atomic mass is 9.96. The van der Waals surface area contributed by atoms with Crippen LogP contribution in [0.25, 0.3) is 11.0 Å². The Kier molecular flexibility index (Phi) is 5.45. The summed E-state index contributed by atoms with van der Waals surface area (Å²) in [6.07, 6.45) is 0.360. The second kappa shape index (κ2) is 8.07. The van der Waals surface area contributed by atoms with Gasteiger partial charge in [0.05, 0.1) is 23.6 Å². The van der Waals surface area contributed by atoms with E-state index in [1.165, 1.54) is 11.0 Å². The second-order valence-corrected chi connectivity index (χ2v) is 7.77. The van der Waals surface area contributed by atoms with Crippen LogP contribution in [0.1, 0.15) is 52.2 Å². The van der Waals surface area contributed by atoms with Gasteiger partial charge in [0.25, 0.3) is 5.91 Å². The fourth-order valence-corrected chi connectivity index (χ4v) is 4.30. The third kappa shape index (κ3) is 3.45. The normalized spacial score (nSPS) is 15.5. The summed E-state index contributed by atoms with van der Waals surface area (Å²) in [6, 6.07) is 7.77. The molecule has 31 heavy (non-hydrogen) atoms. The van der Waals surface area contributed by atoms with Crippen LogP contribution >= 0.6 is 0 Å². The number of fused-ring (bicyclic) bond motifs is 2. The molecule has 0 spiro atoms. The van der Waals surface area contributed by atoms with Crippen LogP contribution in [-0.2, 0) is 0 Å². The Labute approximate surface area is 179 Å². The third-order valence-corrected chi connectivity index (χ3v) is 5.57. The van der Waals surface area contributed by atoms with E-state index < -0.39 is 11.9 Å². The average molecular weight is 423 g/mol. The summed E-state index contributed by atoms with van der Waals surface area (Å²) >= 11 is 0. The first-order chi connectivity index (χ1) is 14.9. The van der Waals surface area contributed by atoms with E-state index in [1.807, 2.05) is 19.9 Å². The van der Waals surface area contributed by atoms with Gasteiger partial charge in [-0.25, -0.2) is 0 Å². The van der Waals surface area contributed by atoms with Gasteiger partial charge >= 0.3 is 0 Å². The molecule has 0 saturated carbocycles. The van der Waals surface area contributed by atoms with Crippen molar-refractivity contribution >= 4 is 16.9 Å². The number of carbonyl (C=O) groups is 1. The molecule has 0 bridgehead atoms. The molecule has 0 saturated heterocycles. The Morgan fingerprint density at radius 2 is 1.94 bits per heavy atom. The zero-order valence-corrected chi connectivity index (χ0v) is 17.8. The second-order valence-electron chi connectivity index (χ2n) is 7.77. The number of aliphatic hydroxyl groups is 1. The molecule has 2 aromatic carbocycles. The quantitative estimate of drug-likeness (QED) is 0.630. The highest BCUT2D eigenvalue weighted by Crippen LogP contribution is 2.41. The molecule has 2 N–H and O–H groups in total. The smallest absolute Gasteiger partial charge is 0.290 e. The van der Waals surface area contributed by atoms with E-state index in [0.717, 1.165) is 11.1 Å². The fourth-order valence-electron chi connectivity index (χ4n) is 4.30. The SMILES string of the molecule is CCOc1cc([C@@H]2c3c(oc4cc(C)cc(C)c4c3=O)C(=O)N2CCCO)ccc1O. The predicted molar refractivity (Wildman–Crippen MR) is 116 cm³/mol. The largest absolute Gasteiger partial charge is 0.504 e. The zero-order chi connectivity index (χ0) is 22.3. The van der Waals surface area contributed by atoms with Crippen molar-refractivity contribution in [3.05, 3.63) is 68.6 Å². The average Bonchev–Trinajstić information content (AvgIpc) is 3.00. The van der Waals surface area contributed by atoms with E-state index in [2.05, 4.69) is 0 Å². The molecule has 0 aliphatic carbocycles. The van der Waals surface area contributed by atoms with Crippen molar-refractivity contribution in [2.24, 2.45) is 0 Å². The number of aliphatic hydroxyl groups excluding tert-OH is 1. The van der Waals surface area contributed by atoms with Crippen molar-refractivity contribution in [1.29, 1.82) is 0 Å². The van der Waals surface area contributed by atoms with Crippen molar-refractivity contribution in [1.82, 2.24) is 4.90 Å². The van der Waals surface area contributed by atoms with E-state index in [0.29, 0.717) is 29.6 Å². The van der Waals surface area contributed by atoms with Gasteiger partial charge in [-0.2, -0.15) is 0 Å². The molecule has 0 fully saturated rings. The molecular formula is C24H25NO6. The molecule has 2 heterocycles. The number of phenolic OH excluding ortho intramolecular Hbond substituents is 1. The molecule has 0 unspecified atom stereocenters. The monoisotopic (exact) mass is 423 g/mol. The first kappa shape index (κ1) is 20.9. The molecule has 1 atom stereocenters. The highest BCUT2D eigenvalue weighted by atomic mass is 16.5. The summed E-state index contributed by atoms with van der Waals surface area (Å²) in [5.41, 5.74) is 2.76. The fraction of sp³-hybridized carbons (Fsp3) is 0.333. The van der Waals surface area contributed by atoms with Crippen LogP contribution < -0.4 is 10.2 Å². The molecule has 7 heteroatoms. The molecule has 0 radical (unpaired) electrons. The Balaban J connectivity index is 1.98. The number of carbonyl (C=O) groups excluding carboxylic acids is 1. The molecule has 7 nitrogen and oxygen atoms in total. The topological polar surface area (TPSA) is 100 Å². The molecule has 3 aromatic rings. The van der Waals surface area contributed by atoms with Crippen molar-refractivity contribution < 1.29 is 24.2 Å². The van der Waals surface area contributed by atoms with E-state index in [4.69, 9.17) is 9.15 Å². The standard InChI is InChI=1S/C24H25NO6/c1-4-30-17-12-15(6-7-16(17)27)21-20-22(28)19-14(3)10-13(2)11-18(19)31-23(20)24(29)25(21)8-5-9-26/h6-7,10-12,21,26-27H,4-5,8-9H2,1-3H3/t21-/m1/s1. The lowest BCUT2D eigenvalue weighted by Gasteiger charge is -2.25. The third-order valence-electron chi connectivity index (χ3n) is 5.57. The zero-order valence-electron chi connectivity index (χ0n) is 17.8. The van der Waals surface area contributed by atoms with Crippen LogP contribution in [-0.4, -0.2) is 40.8 Å². The number of hydrogen-bond acceptors (Lipinski definition) is 6. The lowest BCUT2D eigenvalue weighted by molar-refractivity contribution is 0.0716. The van der Waals surface area contributed by atoms with Gasteiger partial charge in [0.1, 0.15) is 5.58 Å². The van der Waals surface area contributed by atoms with Gasteiger partial charge in [-0.15, -0.1) is 0 Å². The van der Waals surface area contributed by atoms with Crippen LogP contribution in [0.4, 0.5) is 0 Å². The van der Waals surface area contributed by atoms with Gasteiger partial charge < -0.3 is 24.3 Å². The molecular weight excluding hydrogens is 398 g/mol. The first-order valence-corrected chi connectivity index (χ1v) is 10.3. The van der Waals surface area contributed by atoms with E-state index >= 15 is 0 Å². The number of phenols is 1. The Morgan fingerprint density at radius 1 is 1.16 bits per heavy atom. The van der Waals surface area contributed by atoms with Gasteiger partial charge in [0.2, 0.25) is 5.76 Å². The highest BCUT2D eigenvalue weighted by molar-refractivity contribution is 5.99. The van der Waals surface area contributed by atoms with Crippen LogP contribution in [0.3, 0.4) is 0 Å². The minimum atomic E-state index is -0.699. The molecule has 1 aliphatic rings. The number of rotatable bonds is 6. The number of benzene rings is 2. The Bertz CT molecular complexity index is 1230. The van der Waals surface area contributed by atoms with Gasteiger partial charge in [0.15, 0.2) is 16.9 Å². The molecule has 162 valence electrons. The maximum absolute atomic E-state index is 13.6. The van der Waals surface area contributed by atoms with Crippen molar-refractivity contribution in [2.75, 3.05) is 19.8 Å². The first-order valence-electron chi connectivity index (χ1n) is 10.3. The molecule has 1 amide bonds. The van der Waals surface area contributed by atoms with Gasteiger partial charge in [-0.05, 0) is 62.1 Å². The summed E-state index contributed by atoms with van der Waals surface area (Å²) in [5, 5.41) is 19.9. The molecule has 1 aromatic heterocycles. The van der Waals surface area contributed by atoms with Gasteiger partial charge in [-0.3, -0.25) is 9.59 Å². The summed E-state index contributed by atoms with van der Waals surface area (Å²) < 4.78 is 11.5. The van der Waals surface area contributed by atoms with Crippen LogP contribution in [0.15, 0.2) is 39.5 Å². The maximum Gasteiger partial charge on any atom is 0.290 e. The van der Waals surface area contributed by atoms with Crippen molar-refractivity contribution in [3.8, 4) is 11.5 Å². The van der Waals surface area contributed by atoms with E-state index in [-0.39, 0.29) is 41.4 Å². The van der Waals surface area contributed by atoms with Gasteiger partial charge in [0, 0.05) is 13.2 Å². The van der Waals surface area contributed by atoms with Crippen LogP contribution in [0, 0.1) is 13.8 Å². The summed E-state index contributed by atoms with van der Waals surface area (Å²) in [4.78, 5) is 28.4. The maximum atomic E-state index is 13.6. The molecule has 1 aliphatic heterocycles. The number of nitrogens with zero attached hydrogens (tertiary/aromatic N) is 1. The Hall–Kier alpha value is -3.32. The van der Waals surface area contributed by atoms with Crippen molar-refractivity contribution in [3.63, 3.8) is 0 Å².